The average Bonchev–Trinajstić information content (AvgIpc) is 3.11. The summed E-state index contributed by atoms with van der Waals surface area (Å²) in [6.07, 6.45) is 4.01. The molecule has 0 spiro atoms. The predicted molar refractivity (Wildman–Crippen MR) is 81.5 cm³/mol. The lowest BCUT2D eigenvalue weighted by atomic mass is 10.2. The first kappa shape index (κ1) is 14.1. The number of likely N-dealkylation sites (tertiary alicyclic amines) is 1. The second-order valence-electron chi connectivity index (χ2n) is 5.88. The van der Waals surface area contributed by atoms with Crippen molar-refractivity contribution in [2.75, 3.05) is 36.4 Å². The number of hydrogen-bond donors (Lipinski definition) is 2. The number of carbonyl (C=O) groups is 2. The van der Waals surface area contributed by atoms with Crippen molar-refractivity contribution in [3.8, 4) is 0 Å². The maximum absolute atomic E-state index is 12.0. The zero-order chi connectivity index (χ0) is 14.7. The molecule has 0 unspecified atom stereocenters. The highest BCUT2D eigenvalue weighted by Crippen LogP contribution is 2.22. The van der Waals surface area contributed by atoms with E-state index < -0.39 is 0 Å². The van der Waals surface area contributed by atoms with Gasteiger partial charge in [-0.25, -0.2) is 0 Å². The maximum Gasteiger partial charge on any atom is 0.279 e. The molecule has 21 heavy (non-hydrogen) atoms. The number of amides is 2. The number of anilines is 2. The predicted octanol–water partition coefficient (Wildman–Crippen LogP) is 0.431. The quantitative estimate of drug-likeness (QED) is 0.844. The summed E-state index contributed by atoms with van der Waals surface area (Å²) in [5.74, 6) is 0.251. The Kier molecular flexibility index (Phi) is 4.20. The number of quaternary nitrogens is 1. The molecule has 2 aliphatic heterocycles. The molecule has 112 valence electrons. The van der Waals surface area contributed by atoms with Crippen molar-refractivity contribution in [1.29, 1.82) is 0 Å². The van der Waals surface area contributed by atoms with E-state index in [4.69, 9.17) is 0 Å². The molecular formula is C16H22N3O2+. The summed E-state index contributed by atoms with van der Waals surface area (Å²) in [4.78, 5) is 26.8. The molecule has 2 fully saturated rings. The van der Waals surface area contributed by atoms with E-state index in [9.17, 15) is 9.59 Å². The molecule has 2 heterocycles. The van der Waals surface area contributed by atoms with Crippen molar-refractivity contribution < 1.29 is 14.5 Å². The Morgan fingerprint density at radius 1 is 1.14 bits per heavy atom. The third kappa shape index (κ3) is 3.42. The Morgan fingerprint density at radius 3 is 2.48 bits per heavy atom. The fourth-order valence-corrected chi connectivity index (χ4v) is 3.13. The number of carbonyl (C=O) groups excluding carboxylic acids is 2. The Balaban J connectivity index is 1.56. The largest absolute Gasteiger partial charge is 0.327 e. The van der Waals surface area contributed by atoms with Gasteiger partial charge in [-0.2, -0.15) is 0 Å². The lowest BCUT2D eigenvalue weighted by Crippen LogP contribution is -3.11. The van der Waals surface area contributed by atoms with Crippen LogP contribution < -0.4 is 15.1 Å². The van der Waals surface area contributed by atoms with Gasteiger partial charge in [0, 0.05) is 37.2 Å². The van der Waals surface area contributed by atoms with E-state index in [0.29, 0.717) is 13.0 Å². The molecule has 1 aromatic carbocycles. The molecule has 0 saturated carbocycles. The van der Waals surface area contributed by atoms with E-state index in [0.717, 1.165) is 37.4 Å². The van der Waals surface area contributed by atoms with Crippen molar-refractivity contribution in [3.63, 3.8) is 0 Å². The normalized spacial score (nSPS) is 19.2. The second-order valence-corrected chi connectivity index (χ2v) is 5.88. The monoisotopic (exact) mass is 288 g/mol. The van der Waals surface area contributed by atoms with Crippen LogP contribution >= 0.6 is 0 Å². The van der Waals surface area contributed by atoms with Gasteiger partial charge in [-0.3, -0.25) is 9.59 Å². The number of benzene rings is 1. The summed E-state index contributed by atoms with van der Waals surface area (Å²) in [6, 6.07) is 7.55. The van der Waals surface area contributed by atoms with Gasteiger partial charge in [-0.05, 0) is 30.7 Å². The van der Waals surface area contributed by atoms with Gasteiger partial charge in [-0.1, -0.05) is 0 Å². The van der Waals surface area contributed by atoms with Gasteiger partial charge in [0.15, 0.2) is 6.54 Å². The van der Waals surface area contributed by atoms with Gasteiger partial charge in [0.25, 0.3) is 5.91 Å². The average molecular weight is 288 g/mol. The Bertz CT molecular complexity index is 521. The molecule has 0 radical (unpaired) electrons. The van der Waals surface area contributed by atoms with Crippen LogP contribution in [-0.4, -0.2) is 38.0 Å². The van der Waals surface area contributed by atoms with Gasteiger partial charge >= 0.3 is 0 Å². The van der Waals surface area contributed by atoms with Crippen molar-refractivity contribution in [3.05, 3.63) is 24.3 Å². The standard InChI is InChI=1S/C16H21N3O2/c20-15(12-18-9-1-2-10-18)17-13-5-7-14(8-6-13)19-11-3-4-16(19)21/h5-8H,1-4,9-12H2,(H,17,20)/p+1. The number of nitrogens with zero attached hydrogens (tertiary/aromatic N) is 1. The van der Waals surface area contributed by atoms with E-state index >= 15 is 0 Å². The van der Waals surface area contributed by atoms with E-state index in [1.54, 1.807) is 4.90 Å². The molecule has 2 aliphatic rings. The SMILES string of the molecule is O=C(C[NH+]1CCCC1)Nc1ccc(N2CCCC2=O)cc1. The Morgan fingerprint density at radius 2 is 1.86 bits per heavy atom. The van der Waals surface area contributed by atoms with Gasteiger partial charge in [0.2, 0.25) is 5.91 Å². The maximum atomic E-state index is 12.0. The first-order chi connectivity index (χ1) is 10.2. The minimum absolute atomic E-state index is 0.0666. The Hall–Kier alpha value is -1.88. The summed E-state index contributed by atoms with van der Waals surface area (Å²) in [6.45, 7) is 3.54. The lowest BCUT2D eigenvalue weighted by molar-refractivity contribution is -0.878. The number of rotatable bonds is 4. The second kappa shape index (κ2) is 6.26. The van der Waals surface area contributed by atoms with Crippen LogP contribution in [0, 0.1) is 0 Å². The van der Waals surface area contributed by atoms with Crippen LogP contribution in [0.4, 0.5) is 11.4 Å². The van der Waals surface area contributed by atoms with Gasteiger partial charge in [0.1, 0.15) is 0 Å². The smallest absolute Gasteiger partial charge is 0.279 e. The van der Waals surface area contributed by atoms with Gasteiger partial charge in [0.05, 0.1) is 13.1 Å². The van der Waals surface area contributed by atoms with Gasteiger partial charge in [-0.15, -0.1) is 0 Å². The fourth-order valence-electron chi connectivity index (χ4n) is 3.13. The molecule has 0 bridgehead atoms. The molecule has 0 aliphatic carbocycles. The minimum Gasteiger partial charge on any atom is -0.327 e. The highest BCUT2D eigenvalue weighted by molar-refractivity contribution is 5.96. The van der Waals surface area contributed by atoms with Crippen LogP contribution in [0.3, 0.4) is 0 Å². The highest BCUT2D eigenvalue weighted by atomic mass is 16.2. The Labute approximate surface area is 124 Å². The highest BCUT2D eigenvalue weighted by Gasteiger charge is 2.22. The summed E-state index contributed by atoms with van der Waals surface area (Å²) in [7, 11) is 0. The fraction of sp³-hybridized carbons (Fsp3) is 0.500. The molecule has 5 heteroatoms. The van der Waals surface area contributed by atoms with Crippen LogP contribution in [0.1, 0.15) is 25.7 Å². The van der Waals surface area contributed by atoms with Crippen LogP contribution in [0.5, 0.6) is 0 Å². The molecular weight excluding hydrogens is 266 g/mol. The minimum atomic E-state index is 0.0666. The first-order valence-corrected chi connectivity index (χ1v) is 7.76. The molecule has 3 rings (SSSR count). The third-order valence-electron chi connectivity index (χ3n) is 4.26. The van der Waals surface area contributed by atoms with Crippen molar-refractivity contribution in [1.82, 2.24) is 0 Å². The van der Waals surface area contributed by atoms with E-state index in [1.165, 1.54) is 17.7 Å². The topological polar surface area (TPSA) is 53.9 Å². The lowest BCUT2D eigenvalue weighted by Gasteiger charge is -2.16. The van der Waals surface area contributed by atoms with E-state index in [-0.39, 0.29) is 11.8 Å². The van der Waals surface area contributed by atoms with Crippen LogP contribution in [0.25, 0.3) is 0 Å². The van der Waals surface area contributed by atoms with Gasteiger partial charge < -0.3 is 15.1 Å². The molecule has 2 N–H and O–H groups in total. The molecule has 0 atom stereocenters. The van der Waals surface area contributed by atoms with Crippen molar-refractivity contribution in [2.45, 2.75) is 25.7 Å². The third-order valence-corrected chi connectivity index (χ3v) is 4.26. The molecule has 5 nitrogen and oxygen atoms in total. The van der Waals surface area contributed by atoms with Crippen LogP contribution in [0.15, 0.2) is 24.3 Å². The van der Waals surface area contributed by atoms with Crippen molar-refractivity contribution >= 4 is 23.2 Å². The summed E-state index contributed by atoms with van der Waals surface area (Å²) < 4.78 is 0. The summed E-state index contributed by atoms with van der Waals surface area (Å²) in [5.41, 5.74) is 1.72. The van der Waals surface area contributed by atoms with Crippen molar-refractivity contribution in [2.24, 2.45) is 0 Å². The zero-order valence-electron chi connectivity index (χ0n) is 12.2. The molecule has 2 saturated heterocycles. The van der Waals surface area contributed by atoms with Crippen LogP contribution in [-0.2, 0) is 9.59 Å². The molecule has 0 aromatic heterocycles. The van der Waals surface area contributed by atoms with E-state index in [1.807, 2.05) is 24.3 Å². The van der Waals surface area contributed by atoms with E-state index in [2.05, 4.69) is 5.32 Å². The first-order valence-electron chi connectivity index (χ1n) is 7.76. The molecule has 2 amide bonds. The zero-order valence-corrected chi connectivity index (χ0v) is 12.2. The molecule has 1 aromatic rings. The summed E-state index contributed by atoms with van der Waals surface area (Å²) in [5, 5.41) is 2.93. The number of hydrogen-bond acceptors (Lipinski definition) is 2. The van der Waals surface area contributed by atoms with Crippen LogP contribution in [0.2, 0.25) is 0 Å². The number of nitrogens with one attached hydrogen (secondary N) is 2. The summed E-state index contributed by atoms with van der Waals surface area (Å²) >= 11 is 0.